The summed E-state index contributed by atoms with van der Waals surface area (Å²) < 4.78 is 5.69. The lowest BCUT2D eigenvalue weighted by Gasteiger charge is -2.36. The van der Waals surface area contributed by atoms with Crippen LogP contribution in [0.2, 0.25) is 0 Å². The van der Waals surface area contributed by atoms with Crippen LogP contribution in [0.3, 0.4) is 0 Å². The molecule has 0 heterocycles. The number of hydrogen-bond donors (Lipinski definition) is 1. The van der Waals surface area contributed by atoms with Crippen molar-refractivity contribution in [3.05, 3.63) is 29.8 Å². The summed E-state index contributed by atoms with van der Waals surface area (Å²) in [6, 6.07) is 7.31. The molecule has 21 heavy (non-hydrogen) atoms. The molecule has 1 saturated carbocycles. The van der Waals surface area contributed by atoms with Gasteiger partial charge >= 0.3 is 5.97 Å². The van der Waals surface area contributed by atoms with Crippen molar-refractivity contribution < 1.29 is 14.6 Å². The summed E-state index contributed by atoms with van der Waals surface area (Å²) >= 11 is 0. The molecular formula is C17H25NO3. The standard InChI is InChI=1S/C17H25NO3/c1-13-6-3-4-9-16(13)18(2)10-11-21-15-8-5-7-14(12-15)17(19)20/h5,7-8,12-13,16H,3-4,6,9-11H2,1-2H3,(H,19,20). The number of hydrogen-bond acceptors (Lipinski definition) is 3. The molecule has 4 heteroatoms. The summed E-state index contributed by atoms with van der Waals surface area (Å²) in [5.41, 5.74) is 0.266. The molecule has 0 aromatic heterocycles. The van der Waals surface area contributed by atoms with Gasteiger partial charge in [-0.1, -0.05) is 25.8 Å². The quantitative estimate of drug-likeness (QED) is 0.874. The second-order valence-corrected chi connectivity index (χ2v) is 5.99. The molecule has 1 fully saturated rings. The van der Waals surface area contributed by atoms with Gasteiger partial charge in [0.15, 0.2) is 0 Å². The van der Waals surface area contributed by atoms with E-state index in [4.69, 9.17) is 9.84 Å². The van der Waals surface area contributed by atoms with Crippen molar-refractivity contribution in [3.63, 3.8) is 0 Å². The molecule has 1 N–H and O–H groups in total. The normalized spacial score (nSPS) is 22.2. The van der Waals surface area contributed by atoms with Crippen LogP contribution in [0.1, 0.15) is 43.0 Å². The number of aromatic carboxylic acids is 1. The number of carboxylic acid groups (broad SMARTS) is 1. The van der Waals surface area contributed by atoms with Gasteiger partial charge in [0.05, 0.1) is 5.56 Å². The van der Waals surface area contributed by atoms with Gasteiger partial charge in [0.1, 0.15) is 12.4 Å². The Morgan fingerprint density at radius 3 is 2.86 bits per heavy atom. The molecule has 0 spiro atoms. The predicted molar refractivity (Wildman–Crippen MR) is 82.9 cm³/mol. The molecule has 0 saturated heterocycles. The largest absolute Gasteiger partial charge is 0.492 e. The molecule has 1 aliphatic carbocycles. The van der Waals surface area contributed by atoms with E-state index in [1.165, 1.54) is 25.7 Å². The minimum Gasteiger partial charge on any atom is -0.492 e. The molecule has 1 aliphatic rings. The van der Waals surface area contributed by atoms with Gasteiger partial charge < -0.3 is 9.84 Å². The van der Waals surface area contributed by atoms with E-state index in [-0.39, 0.29) is 5.56 Å². The van der Waals surface area contributed by atoms with E-state index in [0.29, 0.717) is 18.4 Å². The van der Waals surface area contributed by atoms with Crippen LogP contribution in [0.25, 0.3) is 0 Å². The number of likely N-dealkylation sites (N-methyl/N-ethyl adjacent to an activating group) is 1. The van der Waals surface area contributed by atoms with Gasteiger partial charge in [-0.05, 0) is 44.0 Å². The first-order valence-electron chi connectivity index (χ1n) is 7.74. The maximum absolute atomic E-state index is 10.9. The van der Waals surface area contributed by atoms with E-state index >= 15 is 0 Å². The zero-order valence-corrected chi connectivity index (χ0v) is 12.9. The monoisotopic (exact) mass is 291 g/mol. The second kappa shape index (κ2) is 7.46. The Morgan fingerprint density at radius 2 is 2.14 bits per heavy atom. The van der Waals surface area contributed by atoms with Crippen LogP contribution in [0.5, 0.6) is 5.75 Å². The molecule has 1 aromatic rings. The van der Waals surface area contributed by atoms with Crippen molar-refractivity contribution in [3.8, 4) is 5.75 Å². The highest BCUT2D eigenvalue weighted by Crippen LogP contribution is 2.27. The van der Waals surface area contributed by atoms with Crippen molar-refractivity contribution in [2.24, 2.45) is 5.92 Å². The molecule has 0 radical (unpaired) electrons. The summed E-state index contributed by atoms with van der Waals surface area (Å²) in [4.78, 5) is 13.3. The molecule has 0 amide bonds. The summed E-state index contributed by atoms with van der Waals surface area (Å²) in [7, 11) is 2.16. The third-order valence-electron chi connectivity index (χ3n) is 4.43. The molecule has 0 bridgehead atoms. The Hall–Kier alpha value is -1.55. The fourth-order valence-electron chi connectivity index (χ4n) is 3.14. The van der Waals surface area contributed by atoms with Gasteiger partial charge in [-0.3, -0.25) is 4.90 Å². The summed E-state index contributed by atoms with van der Waals surface area (Å²) in [5.74, 6) is 0.452. The summed E-state index contributed by atoms with van der Waals surface area (Å²) in [5, 5.41) is 8.96. The van der Waals surface area contributed by atoms with Crippen molar-refractivity contribution in [2.45, 2.75) is 38.6 Å². The van der Waals surface area contributed by atoms with Gasteiger partial charge in [-0.15, -0.1) is 0 Å². The second-order valence-electron chi connectivity index (χ2n) is 5.99. The lowest BCUT2D eigenvalue weighted by molar-refractivity contribution is 0.0696. The number of nitrogens with zero attached hydrogens (tertiary/aromatic N) is 1. The molecule has 2 rings (SSSR count). The molecule has 4 nitrogen and oxygen atoms in total. The maximum Gasteiger partial charge on any atom is 0.335 e. The van der Waals surface area contributed by atoms with E-state index in [2.05, 4.69) is 18.9 Å². The Kier molecular flexibility index (Phi) is 5.62. The molecule has 116 valence electrons. The van der Waals surface area contributed by atoms with Crippen molar-refractivity contribution in [2.75, 3.05) is 20.2 Å². The Balaban J connectivity index is 1.80. The van der Waals surface area contributed by atoms with E-state index in [9.17, 15) is 4.79 Å². The number of ether oxygens (including phenoxy) is 1. The molecule has 1 aromatic carbocycles. The van der Waals surface area contributed by atoms with E-state index in [1.807, 2.05) is 0 Å². The Bertz CT molecular complexity index is 475. The van der Waals surface area contributed by atoms with Crippen LogP contribution in [0.4, 0.5) is 0 Å². The maximum atomic E-state index is 10.9. The highest BCUT2D eigenvalue weighted by molar-refractivity contribution is 5.87. The van der Waals surface area contributed by atoms with Gasteiger partial charge in [0, 0.05) is 12.6 Å². The van der Waals surface area contributed by atoms with Gasteiger partial charge in [-0.2, -0.15) is 0 Å². The molecular weight excluding hydrogens is 266 g/mol. The number of carbonyl (C=O) groups is 1. The summed E-state index contributed by atoms with van der Waals surface area (Å²) in [6.45, 7) is 3.78. The van der Waals surface area contributed by atoms with E-state index in [0.717, 1.165) is 12.5 Å². The highest BCUT2D eigenvalue weighted by atomic mass is 16.5. The predicted octanol–water partition coefficient (Wildman–Crippen LogP) is 3.27. The van der Waals surface area contributed by atoms with Crippen molar-refractivity contribution in [1.29, 1.82) is 0 Å². The number of carboxylic acids is 1. The fourth-order valence-corrected chi connectivity index (χ4v) is 3.14. The third kappa shape index (κ3) is 4.46. The first kappa shape index (κ1) is 15.8. The zero-order chi connectivity index (χ0) is 15.2. The topological polar surface area (TPSA) is 49.8 Å². The lowest BCUT2D eigenvalue weighted by Crippen LogP contribution is -2.40. The minimum absolute atomic E-state index is 0.266. The van der Waals surface area contributed by atoms with Gasteiger partial charge in [0.25, 0.3) is 0 Å². The average molecular weight is 291 g/mol. The van der Waals surface area contributed by atoms with Crippen LogP contribution in [-0.4, -0.2) is 42.2 Å². The van der Waals surface area contributed by atoms with Gasteiger partial charge in [0.2, 0.25) is 0 Å². The highest BCUT2D eigenvalue weighted by Gasteiger charge is 2.24. The van der Waals surface area contributed by atoms with Crippen LogP contribution in [0, 0.1) is 5.92 Å². The van der Waals surface area contributed by atoms with Crippen LogP contribution in [0.15, 0.2) is 24.3 Å². The van der Waals surface area contributed by atoms with E-state index in [1.54, 1.807) is 24.3 Å². The Labute approximate surface area is 126 Å². The van der Waals surface area contributed by atoms with Crippen LogP contribution < -0.4 is 4.74 Å². The zero-order valence-electron chi connectivity index (χ0n) is 12.9. The summed E-state index contributed by atoms with van der Waals surface area (Å²) in [6.07, 6.45) is 5.26. The number of rotatable bonds is 6. The SMILES string of the molecule is CC1CCCCC1N(C)CCOc1cccc(C(=O)O)c1. The van der Waals surface area contributed by atoms with E-state index < -0.39 is 5.97 Å². The van der Waals surface area contributed by atoms with Gasteiger partial charge in [-0.25, -0.2) is 4.79 Å². The first-order valence-corrected chi connectivity index (χ1v) is 7.74. The third-order valence-corrected chi connectivity index (χ3v) is 4.43. The fraction of sp³-hybridized carbons (Fsp3) is 0.588. The molecule has 2 unspecified atom stereocenters. The minimum atomic E-state index is -0.923. The van der Waals surface area contributed by atoms with Crippen LogP contribution in [-0.2, 0) is 0 Å². The van der Waals surface area contributed by atoms with Crippen LogP contribution >= 0.6 is 0 Å². The average Bonchev–Trinajstić information content (AvgIpc) is 2.48. The van der Waals surface area contributed by atoms with Crippen molar-refractivity contribution >= 4 is 5.97 Å². The lowest BCUT2D eigenvalue weighted by atomic mass is 9.85. The smallest absolute Gasteiger partial charge is 0.335 e. The molecule has 2 atom stereocenters. The Morgan fingerprint density at radius 1 is 1.38 bits per heavy atom. The first-order chi connectivity index (χ1) is 10.1. The van der Waals surface area contributed by atoms with Crippen molar-refractivity contribution in [1.82, 2.24) is 4.90 Å². The number of benzene rings is 1. The molecule has 0 aliphatic heterocycles.